The molecule has 2 aliphatic carbocycles. The second-order valence-corrected chi connectivity index (χ2v) is 10.4. The lowest BCUT2D eigenvalue weighted by Gasteiger charge is -2.24. The smallest absolute Gasteiger partial charge is 0.311 e. The van der Waals surface area contributed by atoms with Gasteiger partial charge < -0.3 is 19.4 Å². The number of carbonyl (C=O) groups is 2. The molecule has 196 valence electrons. The highest BCUT2D eigenvalue weighted by molar-refractivity contribution is 5.96. The Balaban J connectivity index is 1.34. The van der Waals surface area contributed by atoms with Crippen LogP contribution in [0, 0.1) is 0 Å². The normalized spacial score (nSPS) is 13.7. The topological polar surface area (TPSA) is 53.1 Å². The van der Waals surface area contributed by atoms with Crippen LogP contribution in [-0.2, 0) is 20.7 Å². The predicted molar refractivity (Wildman–Crippen MR) is 151 cm³/mol. The lowest BCUT2D eigenvalue weighted by atomic mass is 9.94. The molecule has 0 saturated carbocycles. The summed E-state index contributed by atoms with van der Waals surface area (Å²) in [6.45, 7) is 3.27. The van der Waals surface area contributed by atoms with E-state index in [0.29, 0.717) is 25.3 Å². The molecule has 0 heterocycles. The van der Waals surface area contributed by atoms with Gasteiger partial charge in [-0.1, -0.05) is 42.5 Å². The molecule has 0 fully saturated rings. The number of fused-ring (bicyclic) bond motifs is 5. The summed E-state index contributed by atoms with van der Waals surface area (Å²) < 4.78 is 5.66. The highest BCUT2D eigenvalue weighted by Crippen LogP contribution is 2.23. The fourth-order valence-electron chi connectivity index (χ4n) is 5.02. The van der Waals surface area contributed by atoms with Crippen LogP contribution in [0.4, 0.5) is 0 Å². The number of benzene rings is 2. The first-order valence-electron chi connectivity index (χ1n) is 13.2. The van der Waals surface area contributed by atoms with Crippen molar-refractivity contribution < 1.29 is 14.3 Å². The Kier molecular flexibility index (Phi) is 8.95. The summed E-state index contributed by atoms with van der Waals surface area (Å²) in [6.07, 6.45) is 13.1. The van der Waals surface area contributed by atoms with Crippen molar-refractivity contribution in [3.8, 4) is 0 Å². The van der Waals surface area contributed by atoms with Gasteiger partial charge in [0.25, 0.3) is 0 Å². The molecule has 0 atom stereocenters. The fraction of sp³-hybridized carbons (Fsp3) is 0.419. The quantitative estimate of drug-likeness (QED) is 0.419. The van der Waals surface area contributed by atoms with Gasteiger partial charge in [-0.05, 0) is 105 Å². The molecule has 4 rings (SSSR count). The second kappa shape index (κ2) is 12.3. The van der Waals surface area contributed by atoms with E-state index in [-0.39, 0.29) is 24.7 Å². The van der Waals surface area contributed by atoms with E-state index in [1.807, 2.05) is 45.2 Å². The van der Waals surface area contributed by atoms with E-state index in [2.05, 4.69) is 52.3 Å². The average molecular weight is 502 g/mol. The van der Waals surface area contributed by atoms with Gasteiger partial charge in [-0.25, -0.2) is 0 Å². The highest BCUT2D eigenvalue weighted by Gasteiger charge is 2.18. The SMILES string of the molecule is CN(C)CCCN(CCCN(C)C)C(=O)CCC(=O)OC1=CCc2c(ccc3c4c(ccc23)=CC=C4)=C1. The molecule has 37 heavy (non-hydrogen) atoms. The largest absolute Gasteiger partial charge is 0.427 e. The summed E-state index contributed by atoms with van der Waals surface area (Å²) in [5.41, 5.74) is 2.52. The van der Waals surface area contributed by atoms with Crippen LogP contribution in [0.1, 0.15) is 36.8 Å². The molecule has 0 radical (unpaired) electrons. The number of allylic oxidation sites excluding steroid dienone is 3. The zero-order valence-corrected chi connectivity index (χ0v) is 22.6. The number of amides is 1. The molecule has 1 amide bonds. The molecular weight excluding hydrogens is 462 g/mol. The van der Waals surface area contributed by atoms with Gasteiger partial charge in [-0.3, -0.25) is 9.59 Å². The molecular formula is C31H39N3O3. The molecule has 0 bridgehead atoms. The molecule has 0 aliphatic heterocycles. The van der Waals surface area contributed by atoms with Gasteiger partial charge in [-0.15, -0.1) is 0 Å². The maximum absolute atomic E-state index is 12.9. The molecule has 0 saturated heterocycles. The number of carbonyl (C=O) groups excluding carboxylic acids is 2. The van der Waals surface area contributed by atoms with Crippen molar-refractivity contribution in [2.24, 2.45) is 0 Å². The Labute approximate surface area is 220 Å². The monoisotopic (exact) mass is 501 g/mol. The van der Waals surface area contributed by atoms with E-state index in [4.69, 9.17) is 4.74 Å². The molecule has 6 nitrogen and oxygen atoms in total. The summed E-state index contributed by atoms with van der Waals surface area (Å²) in [4.78, 5) is 31.7. The third-order valence-corrected chi connectivity index (χ3v) is 6.96. The van der Waals surface area contributed by atoms with Crippen LogP contribution < -0.4 is 10.4 Å². The van der Waals surface area contributed by atoms with Crippen LogP contribution >= 0.6 is 0 Å². The van der Waals surface area contributed by atoms with E-state index >= 15 is 0 Å². The number of esters is 1. The fourth-order valence-corrected chi connectivity index (χ4v) is 5.02. The van der Waals surface area contributed by atoms with Gasteiger partial charge in [0, 0.05) is 19.5 Å². The van der Waals surface area contributed by atoms with E-state index in [0.717, 1.165) is 31.1 Å². The van der Waals surface area contributed by atoms with Crippen molar-refractivity contribution >= 4 is 40.9 Å². The predicted octanol–water partition coefficient (Wildman–Crippen LogP) is 2.92. The van der Waals surface area contributed by atoms with Crippen molar-refractivity contribution in [3.63, 3.8) is 0 Å². The molecule has 0 N–H and O–H groups in total. The van der Waals surface area contributed by atoms with Gasteiger partial charge >= 0.3 is 5.97 Å². The third kappa shape index (κ3) is 6.96. The minimum atomic E-state index is -0.361. The van der Waals surface area contributed by atoms with E-state index in [1.54, 1.807) is 0 Å². The van der Waals surface area contributed by atoms with Crippen molar-refractivity contribution in [3.05, 3.63) is 63.7 Å². The first-order valence-corrected chi connectivity index (χ1v) is 13.2. The van der Waals surface area contributed by atoms with Gasteiger partial charge in [0.1, 0.15) is 5.76 Å². The summed E-state index contributed by atoms with van der Waals surface area (Å²) in [5, 5.41) is 4.82. The standard InChI is InChI=1S/C31H39N3O3/c1-32(2)18-6-20-34(21-7-19-33(3)4)30(35)16-17-31(36)37-25-12-15-27-24(22-25)11-14-28-26-9-5-8-23(26)10-13-29(27)28/h5,8-14,22H,6-7,15-21H2,1-4H3. The summed E-state index contributed by atoms with van der Waals surface area (Å²) in [6, 6.07) is 8.60. The Morgan fingerprint density at radius 2 is 1.51 bits per heavy atom. The number of ether oxygens (including phenoxy) is 1. The third-order valence-electron chi connectivity index (χ3n) is 6.96. The number of rotatable bonds is 12. The van der Waals surface area contributed by atoms with E-state index in [1.165, 1.54) is 27.1 Å². The molecule has 6 heteroatoms. The van der Waals surface area contributed by atoms with Crippen molar-refractivity contribution in [1.29, 1.82) is 0 Å². The number of hydrogen-bond donors (Lipinski definition) is 0. The molecule has 2 aromatic rings. The maximum Gasteiger partial charge on any atom is 0.311 e. The van der Waals surface area contributed by atoms with Crippen molar-refractivity contribution in [2.45, 2.75) is 32.1 Å². The Bertz CT molecular complexity index is 1320. The zero-order valence-electron chi connectivity index (χ0n) is 22.6. The Morgan fingerprint density at radius 3 is 2.22 bits per heavy atom. The minimum absolute atomic E-state index is 0.0201. The van der Waals surface area contributed by atoms with Crippen LogP contribution in [0.2, 0.25) is 0 Å². The first-order chi connectivity index (χ1) is 17.8. The highest BCUT2D eigenvalue weighted by atomic mass is 16.5. The molecule has 0 spiro atoms. The van der Waals surface area contributed by atoms with Gasteiger partial charge in [-0.2, -0.15) is 0 Å². The number of nitrogens with zero attached hydrogens (tertiary/aromatic N) is 3. The Morgan fingerprint density at radius 1 is 0.838 bits per heavy atom. The van der Waals surface area contributed by atoms with E-state index < -0.39 is 0 Å². The van der Waals surface area contributed by atoms with E-state index in [9.17, 15) is 9.59 Å². The summed E-state index contributed by atoms with van der Waals surface area (Å²) in [5.74, 6) is 0.222. The van der Waals surface area contributed by atoms with Crippen molar-refractivity contribution in [2.75, 3.05) is 54.4 Å². The average Bonchev–Trinajstić information content (AvgIpc) is 3.35. The summed E-state index contributed by atoms with van der Waals surface area (Å²) in [7, 11) is 8.14. The van der Waals surface area contributed by atoms with Crippen LogP contribution in [0.3, 0.4) is 0 Å². The van der Waals surface area contributed by atoms with Gasteiger partial charge in [0.05, 0.1) is 6.42 Å². The first kappa shape index (κ1) is 26.8. The zero-order chi connectivity index (χ0) is 26.4. The molecule has 0 unspecified atom stereocenters. The minimum Gasteiger partial charge on any atom is -0.427 e. The second-order valence-electron chi connectivity index (χ2n) is 10.4. The van der Waals surface area contributed by atoms with Gasteiger partial charge in [0.2, 0.25) is 5.91 Å². The summed E-state index contributed by atoms with van der Waals surface area (Å²) >= 11 is 0. The van der Waals surface area contributed by atoms with Crippen LogP contribution in [0.25, 0.3) is 29.0 Å². The van der Waals surface area contributed by atoms with Crippen LogP contribution in [0.5, 0.6) is 0 Å². The van der Waals surface area contributed by atoms with Crippen LogP contribution in [0.15, 0.2) is 42.2 Å². The lowest BCUT2D eigenvalue weighted by molar-refractivity contribution is -0.142. The molecule has 0 aromatic heterocycles. The maximum atomic E-state index is 12.9. The Hall–Kier alpha value is -3.22. The van der Waals surface area contributed by atoms with Crippen molar-refractivity contribution in [1.82, 2.24) is 14.7 Å². The molecule has 2 aromatic carbocycles. The number of hydrogen-bond acceptors (Lipinski definition) is 5. The lowest BCUT2D eigenvalue weighted by Crippen LogP contribution is -2.35. The molecule has 2 aliphatic rings. The van der Waals surface area contributed by atoms with Crippen LogP contribution in [-0.4, -0.2) is 80.9 Å². The van der Waals surface area contributed by atoms with Gasteiger partial charge in [0.15, 0.2) is 0 Å².